The van der Waals surface area contributed by atoms with Gasteiger partial charge in [0.15, 0.2) is 0 Å². The summed E-state index contributed by atoms with van der Waals surface area (Å²) in [5, 5.41) is 13.1. The predicted molar refractivity (Wildman–Crippen MR) is 77.4 cm³/mol. The Morgan fingerprint density at radius 2 is 2.10 bits per heavy atom. The maximum atomic E-state index is 12.4. The normalized spacial score (nSPS) is 27.5. The van der Waals surface area contributed by atoms with Crippen molar-refractivity contribution >= 4 is 11.8 Å². The molecule has 0 bridgehead atoms. The lowest BCUT2D eigenvalue weighted by atomic mass is 10.0. The van der Waals surface area contributed by atoms with Crippen molar-refractivity contribution in [2.45, 2.75) is 31.9 Å². The summed E-state index contributed by atoms with van der Waals surface area (Å²) < 4.78 is 0. The quantitative estimate of drug-likeness (QED) is 0.838. The Bertz CT molecular complexity index is 572. The fourth-order valence-electron chi connectivity index (χ4n) is 3.28. The minimum atomic E-state index is -0.573. The molecule has 0 aromatic heterocycles. The third-order valence-corrected chi connectivity index (χ3v) is 4.51. The molecule has 1 heterocycles. The molecule has 1 aromatic rings. The van der Waals surface area contributed by atoms with E-state index in [1.165, 1.54) is 6.92 Å². The molecule has 3 atom stereocenters. The van der Waals surface area contributed by atoms with E-state index in [4.69, 9.17) is 0 Å². The molecule has 1 aromatic carbocycles. The highest BCUT2D eigenvalue weighted by Crippen LogP contribution is 2.31. The third-order valence-electron chi connectivity index (χ3n) is 4.51. The molecular formula is C16H20N2O3. The lowest BCUT2D eigenvalue weighted by Gasteiger charge is -2.20. The predicted octanol–water partition coefficient (Wildman–Crippen LogP) is 0.629. The summed E-state index contributed by atoms with van der Waals surface area (Å²) in [5.41, 5.74) is 2.09. The van der Waals surface area contributed by atoms with Gasteiger partial charge in [-0.3, -0.25) is 9.59 Å². The van der Waals surface area contributed by atoms with Crippen molar-refractivity contribution in [3.63, 3.8) is 0 Å². The van der Waals surface area contributed by atoms with Gasteiger partial charge in [0.2, 0.25) is 11.8 Å². The third kappa shape index (κ3) is 2.65. The van der Waals surface area contributed by atoms with E-state index in [2.05, 4.69) is 5.32 Å². The Kier molecular flexibility index (Phi) is 3.68. The number of carbonyl (C=O) groups excluding carboxylic acids is 2. The summed E-state index contributed by atoms with van der Waals surface area (Å²) in [6, 6.07) is 7.46. The Morgan fingerprint density at radius 1 is 1.33 bits per heavy atom. The molecule has 0 spiro atoms. The average molecular weight is 288 g/mol. The van der Waals surface area contributed by atoms with Gasteiger partial charge >= 0.3 is 0 Å². The van der Waals surface area contributed by atoms with Crippen LogP contribution in [0.5, 0.6) is 0 Å². The molecule has 5 nitrogen and oxygen atoms in total. The minimum absolute atomic E-state index is 0.0107. The summed E-state index contributed by atoms with van der Waals surface area (Å²) in [6.45, 7) is 2.64. The van der Waals surface area contributed by atoms with Crippen LogP contribution in [0.3, 0.4) is 0 Å². The molecule has 3 rings (SSSR count). The van der Waals surface area contributed by atoms with Crippen LogP contribution in [0.2, 0.25) is 0 Å². The fraction of sp³-hybridized carbons (Fsp3) is 0.500. The van der Waals surface area contributed by atoms with Crippen LogP contribution in [0.1, 0.15) is 30.5 Å². The molecule has 1 aliphatic carbocycles. The van der Waals surface area contributed by atoms with Crippen molar-refractivity contribution in [1.82, 2.24) is 10.2 Å². The van der Waals surface area contributed by atoms with Crippen LogP contribution in [0.4, 0.5) is 0 Å². The molecular weight excluding hydrogens is 268 g/mol. The van der Waals surface area contributed by atoms with Gasteiger partial charge in [-0.25, -0.2) is 0 Å². The molecule has 2 amide bonds. The van der Waals surface area contributed by atoms with Crippen molar-refractivity contribution < 1.29 is 14.7 Å². The summed E-state index contributed by atoms with van der Waals surface area (Å²) >= 11 is 0. The molecule has 1 fully saturated rings. The molecule has 1 saturated heterocycles. The van der Waals surface area contributed by atoms with Crippen LogP contribution in [-0.4, -0.2) is 41.0 Å². The molecule has 112 valence electrons. The van der Waals surface area contributed by atoms with E-state index in [0.29, 0.717) is 25.9 Å². The summed E-state index contributed by atoms with van der Waals surface area (Å²) in [6.07, 6.45) is 0.693. The van der Waals surface area contributed by atoms with E-state index in [1.54, 1.807) is 4.90 Å². The Morgan fingerprint density at radius 3 is 2.81 bits per heavy atom. The Labute approximate surface area is 123 Å². The van der Waals surface area contributed by atoms with Gasteiger partial charge in [0.05, 0.1) is 18.1 Å². The van der Waals surface area contributed by atoms with Gasteiger partial charge in [-0.15, -0.1) is 0 Å². The fourth-order valence-corrected chi connectivity index (χ4v) is 3.28. The molecule has 2 N–H and O–H groups in total. The molecule has 0 saturated carbocycles. The smallest absolute Gasteiger partial charge is 0.225 e. The lowest BCUT2D eigenvalue weighted by molar-refractivity contribution is -0.129. The number of amides is 2. The molecule has 0 radical (unpaired) electrons. The van der Waals surface area contributed by atoms with Crippen molar-refractivity contribution in [2.24, 2.45) is 5.92 Å². The molecule has 21 heavy (non-hydrogen) atoms. The number of aliphatic hydroxyl groups excluding tert-OH is 1. The molecule has 3 unspecified atom stereocenters. The largest absolute Gasteiger partial charge is 0.390 e. The Balaban J connectivity index is 1.67. The zero-order valence-electron chi connectivity index (χ0n) is 12.1. The zero-order valence-corrected chi connectivity index (χ0v) is 12.1. The second kappa shape index (κ2) is 5.48. The van der Waals surface area contributed by atoms with Gasteiger partial charge in [-0.2, -0.15) is 0 Å². The van der Waals surface area contributed by atoms with E-state index in [9.17, 15) is 14.7 Å². The first kappa shape index (κ1) is 14.1. The van der Waals surface area contributed by atoms with E-state index in [1.807, 2.05) is 24.3 Å². The highest BCUT2D eigenvalue weighted by Gasteiger charge is 2.35. The Hall–Kier alpha value is -1.88. The topological polar surface area (TPSA) is 69.6 Å². The standard InChI is InChI=1S/C16H20N2O3/c1-10(19)18-7-6-12(9-18)16(21)17-15-13-5-3-2-4-11(13)8-14(15)20/h2-5,12,14-15,20H,6-9H2,1H3,(H,17,21). The van der Waals surface area contributed by atoms with Gasteiger partial charge < -0.3 is 15.3 Å². The maximum absolute atomic E-state index is 12.4. The highest BCUT2D eigenvalue weighted by atomic mass is 16.3. The van der Waals surface area contributed by atoms with Crippen molar-refractivity contribution in [2.75, 3.05) is 13.1 Å². The molecule has 2 aliphatic rings. The first-order chi connectivity index (χ1) is 10.1. The van der Waals surface area contributed by atoms with Gasteiger partial charge in [0.1, 0.15) is 0 Å². The number of carbonyl (C=O) groups is 2. The maximum Gasteiger partial charge on any atom is 0.225 e. The van der Waals surface area contributed by atoms with Crippen LogP contribution in [0.25, 0.3) is 0 Å². The number of hydrogen-bond donors (Lipinski definition) is 2. The lowest BCUT2D eigenvalue weighted by Crippen LogP contribution is -2.39. The van der Waals surface area contributed by atoms with Crippen LogP contribution >= 0.6 is 0 Å². The van der Waals surface area contributed by atoms with E-state index in [-0.39, 0.29) is 23.8 Å². The summed E-state index contributed by atoms with van der Waals surface area (Å²) in [4.78, 5) is 25.4. The summed E-state index contributed by atoms with van der Waals surface area (Å²) in [7, 11) is 0. The molecule has 1 aliphatic heterocycles. The SMILES string of the molecule is CC(=O)N1CCC(C(=O)NC2c3ccccc3CC2O)C1. The number of hydrogen-bond acceptors (Lipinski definition) is 3. The van der Waals surface area contributed by atoms with Gasteiger partial charge in [-0.05, 0) is 17.5 Å². The number of likely N-dealkylation sites (tertiary alicyclic amines) is 1. The van der Waals surface area contributed by atoms with Crippen molar-refractivity contribution in [3.05, 3.63) is 35.4 Å². The number of rotatable bonds is 2. The van der Waals surface area contributed by atoms with E-state index in [0.717, 1.165) is 11.1 Å². The van der Waals surface area contributed by atoms with E-state index < -0.39 is 6.10 Å². The van der Waals surface area contributed by atoms with Crippen molar-refractivity contribution in [3.8, 4) is 0 Å². The van der Waals surface area contributed by atoms with Crippen LogP contribution in [0, 0.1) is 5.92 Å². The second-order valence-corrected chi connectivity index (χ2v) is 5.91. The first-order valence-corrected chi connectivity index (χ1v) is 7.38. The first-order valence-electron chi connectivity index (χ1n) is 7.38. The highest BCUT2D eigenvalue weighted by molar-refractivity contribution is 5.82. The van der Waals surface area contributed by atoms with Crippen molar-refractivity contribution in [1.29, 1.82) is 0 Å². The number of fused-ring (bicyclic) bond motifs is 1. The van der Waals surface area contributed by atoms with Crippen LogP contribution in [0.15, 0.2) is 24.3 Å². The average Bonchev–Trinajstić information content (AvgIpc) is 3.05. The summed E-state index contributed by atoms with van der Waals surface area (Å²) in [5.74, 6) is -0.232. The minimum Gasteiger partial charge on any atom is -0.390 e. The zero-order chi connectivity index (χ0) is 15.0. The van der Waals surface area contributed by atoms with Crippen LogP contribution < -0.4 is 5.32 Å². The van der Waals surface area contributed by atoms with E-state index >= 15 is 0 Å². The number of aliphatic hydroxyl groups is 1. The van der Waals surface area contributed by atoms with Gasteiger partial charge in [0.25, 0.3) is 0 Å². The van der Waals surface area contributed by atoms with Crippen LogP contribution in [-0.2, 0) is 16.0 Å². The number of nitrogens with zero attached hydrogens (tertiary/aromatic N) is 1. The number of benzene rings is 1. The van der Waals surface area contributed by atoms with Gasteiger partial charge in [-0.1, -0.05) is 24.3 Å². The number of nitrogens with one attached hydrogen (secondary N) is 1. The second-order valence-electron chi connectivity index (χ2n) is 5.91. The monoisotopic (exact) mass is 288 g/mol. The van der Waals surface area contributed by atoms with Gasteiger partial charge in [0, 0.05) is 26.4 Å². The molecule has 5 heteroatoms.